The Kier molecular flexibility index (Phi) is 4.67. The molecule has 0 atom stereocenters. The molecule has 0 bridgehead atoms. The molecule has 2 N–H and O–H groups in total. The number of hydrogen-bond acceptors (Lipinski definition) is 2. The van der Waals surface area contributed by atoms with E-state index in [0.29, 0.717) is 0 Å². The molecule has 0 amide bonds. The molecule has 0 heterocycles. The van der Waals surface area contributed by atoms with Gasteiger partial charge in [0.15, 0.2) is 0 Å². The van der Waals surface area contributed by atoms with E-state index >= 15 is 0 Å². The molecule has 0 aromatic heterocycles. The van der Waals surface area contributed by atoms with Crippen molar-refractivity contribution in [3.63, 3.8) is 0 Å². The van der Waals surface area contributed by atoms with Crippen LogP contribution in [0.15, 0.2) is 42.5 Å². The van der Waals surface area contributed by atoms with Crippen LogP contribution < -0.4 is 10.6 Å². The van der Waals surface area contributed by atoms with E-state index in [1.807, 2.05) is 0 Å². The number of nitrogens with two attached hydrogens (primary N) is 1. The maximum Gasteiger partial charge on any atom is 0.0599 e. The third kappa shape index (κ3) is 3.32. The predicted molar refractivity (Wildman–Crippen MR) is 88.4 cm³/mol. The molecule has 0 saturated heterocycles. The van der Waals surface area contributed by atoms with Crippen LogP contribution in [0.25, 0.3) is 0 Å². The lowest BCUT2D eigenvalue weighted by Crippen LogP contribution is -2.22. The molecule has 2 nitrogen and oxygen atoms in total. The van der Waals surface area contributed by atoms with Crippen molar-refractivity contribution in [2.75, 3.05) is 23.7 Å². The van der Waals surface area contributed by atoms with Gasteiger partial charge in [-0.1, -0.05) is 35.9 Å². The summed E-state index contributed by atoms with van der Waals surface area (Å²) in [5, 5.41) is 0. The van der Waals surface area contributed by atoms with E-state index in [0.717, 1.165) is 30.9 Å². The lowest BCUT2D eigenvalue weighted by molar-refractivity contribution is 0.867. The molecule has 106 valence electrons. The average Bonchev–Trinajstić information content (AvgIpc) is 2.45. The van der Waals surface area contributed by atoms with Crippen LogP contribution in [0.2, 0.25) is 0 Å². The minimum atomic E-state index is 0.873. The summed E-state index contributed by atoms with van der Waals surface area (Å²) in [6, 6.07) is 15.1. The molecule has 20 heavy (non-hydrogen) atoms. The molecule has 2 aromatic rings. The molecule has 2 rings (SSSR count). The van der Waals surface area contributed by atoms with Gasteiger partial charge in [-0.2, -0.15) is 0 Å². The van der Waals surface area contributed by atoms with Crippen molar-refractivity contribution >= 4 is 11.4 Å². The van der Waals surface area contributed by atoms with Gasteiger partial charge in [0.1, 0.15) is 0 Å². The minimum Gasteiger partial charge on any atom is -0.397 e. The summed E-state index contributed by atoms with van der Waals surface area (Å²) in [5.74, 6) is 0. The van der Waals surface area contributed by atoms with Crippen LogP contribution in [0, 0.1) is 6.92 Å². The lowest BCUT2D eigenvalue weighted by atomic mass is 10.0. The van der Waals surface area contributed by atoms with Gasteiger partial charge >= 0.3 is 0 Å². The highest BCUT2D eigenvalue weighted by Crippen LogP contribution is 2.25. The van der Waals surface area contributed by atoms with E-state index in [2.05, 4.69) is 68.1 Å². The second kappa shape index (κ2) is 6.47. The first-order valence-corrected chi connectivity index (χ1v) is 7.33. The second-order valence-electron chi connectivity index (χ2n) is 5.23. The summed E-state index contributed by atoms with van der Waals surface area (Å²) in [6.45, 7) is 8.39. The van der Waals surface area contributed by atoms with Gasteiger partial charge in [0.2, 0.25) is 0 Å². The third-order valence-corrected chi connectivity index (χ3v) is 3.72. The number of rotatable bonds is 5. The van der Waals surface area contributed by atoms with Crippen LogP contribution in [-0.4, -0.2) is 13.1 Å². The zero-order valence-corrected chi connectivity index (χ0v) is 12.7. The zero-order valence-electron chi connectivity index (χ0n) is 12.7. The fraction of sp³-hybridized carbons (Fsp3) is 0.333. The monoisotopic (exact) mass is 268 g/mol. The largest absolute Gasteiger partial charge is 0.397 e. The Bertz CT molecular complexity index is 554. The second-order valence-corrected chi connectivity index (χ2v) is 5.23. The van der Waals surface area contributed by atoms with Crippen molar-refractivity contribution in [1.29, 1.82) is 0 Å². The first kappa shape index (κ1) is 14.4. The van der Waals surface area contributed by atoms with Crippen molar-refractivity contribution in [3.8, 4) is 0 Å². The Balaban J connectivity index is 2.18. The standard InChI is InChI=1S/C18H24N2/c1-4-20(5-2)18-11-10-16(13-17(18)19)12-15-8-6-14(3)7-9-15/h6-11,13H,4-5,12,19H2,1-3H3. The van der Waals surface area contributed by atoms with Gasteiger partial charge in [-0.3, -0.25) is 0 Å². The topological polar surface area (TPSA) is 29.3 Å². The number of nitrogens with zero attached hydrogens (tertiary/aromatic N) is 1. The Morgan fingerprint density at radius 3 is 2.05 bits per heavy atom. The number of anilines is 2. The molecule has 0 aliphatic carbocycles. The van der Waals surface area contributed by atoms with Gasteiger partial charge in [-0.15, -0.1) is 0 Å². The van der Waals surface area contributed by atoms with Crippen LogP contribution >= 0.6 is 0 Å². The smallest absolute Gasteiger partial charge is 0.0599 e. The quantitative estimate of drug-likeness (QED) is 0.830. The van der Waals surface area contributed by atoms with Crippen molar-refractivity contribution in [1.82, 2.24) is 0 Å². The Morgan fingerprint density at radius 1 is 0.900 bits per heavy atom. The molecule has 2 heteroatoms. The molecule has 0 radical (unpaired) electrons. The van der Waals surface area contributed by atoms with Gasteiger partial charge < -0.3 is 10.6 Å². The van der Waals surface area contributed by atoms with Gasteiger partial charge in [0.05, 0.1) is 11.4 Å². The summed E-state index contributed by atoms with van der Waals surface area (Å²) < 4.78 is 0. The average molecular weight is 268 g/mol. The van der Waals surface area contributed by atoms with E-state index in [1.54, 1.807) is 0 Å². The molecule has 0 spiro atoms. The van der Waals surface area contributed by atoms with E-state index in [4.69, 9.17) is 5.73 Å². The number of aryl methyl sites for hydroxylation is 1. The summed E-state index contributed by atoms with van der Waals surface area (Å²) in [5.41, 5.74) is 12.1. The first-order valence-electron chi connectivity index (χ1n) is 7.33. The fourth-order valence-electron chi connectivity index (χ4n) is 2.51. The predicted octanol–water partition coefficient (Wildman–Crippen LogP) is 4.01. The molecule has 0 unspecified atom stereocenters. The van der Waals surface area contributed by atoms with E-state index in [-0.39, 0.29) is 0 Å². The molecule has 2 aromatic carbocycles. The van der Waals surface area contributed by atoms with Crippen LogP contribution in [-0.2, 0) is 6.42 Å². The molecule has 0 fully saturated rings. The molecule has 0 saturated carbocycles. The Hall–Kier alpha value is -1.96. The van der Waals surface area contributed by atoms with E-state index in [1.165, 1.54) is 16.7 Å². The SMILES string of the molecule is CCN(CC)c1ccc(Cc2ccc(C)cc2)cc1N. The van der Waals surface area contributed by atoms with Crippen LogP contribution in [0.1, 0.15) is 30.5 Å². The first-order chi connectivity index (χ1) is 9.63. The molecular weight excluding hydrogens is 244 g/mol. The third-order valence-electron chi connectivity index (χ3n) is 3.72. The van der Waals surface area contributed by atoms with Crippen LogP contribution in [0.4, 0.5) is 11.4 Å². The number of hydrogen-bond donors (Lipinski definition) is 1. The summed E-state index contributed by atoms with van der Waals surface area (Å²) >= 11 is 0. The maximum absolute atomic E-state index is 6.21. The van der Waals surface area contributed by atoms with Crippen molar-refractivity contribution < 1.29 is 0 Å². The van der Waals surface area contributed by atoms with Crippen LogP contribution in [0.5, 0.6) is 0 Å². The Labute approximate surface area is 122 Å². The van der Waals surface area contributed by atoms with E-state index in [9.17, 15) is 0 Å². The highest BCUT2D eigenvalue weighted by atomic mass is 15.1. The van der Waals surface area contributed by atoms with Crippen molar-refractivity contribution in [2.24, 2.45) is 0 Å². The Morgan fingerprint density at radius 2 is 1.50 bits per heavy atom. The highest BCUT2D eigenvalue weighted by Gasteiger charge is 2.07. The van der Waals surface area contributed by atoms with Gasteiger partial charge in [-0.25, -0.2) is 0 Å². The van der Waals surface area contributed by atoms with Crippen molar-refractivity contribution in [3.05, 3.63) is 59.2 Å². The normalized spacial score (nSPS) is 10.6. The zero-order chi connectivity index (χ0) is 14.5. The van der Waals surface area contributed by atoms with Gasteiger partial charge in [0.25, 0.3) is 0 Å². The van der Waals surface area contributed by atoms with Gasteiger partial charge in [-0.05, 0) is 50.5 Å². The number of benzene rings is 2. The summed E-state index contributed by atoms with van der Waals surface area (Å²) in [6.07, 6.45) is 0.934. The maximum atomic E-state index is 6.21. The molecule has 0 aliphatic heterocycles. The molecular formula is C18H24N2. The summed E-state index contributed by atoms with van der Waals surface area (Å²) in [7, 11) is 0. The van der Waals surface area contributed by atoms with Crippen molar-refractivity contribution in [2.45, 2.75) is 27.2 Å². The van der Waals surface area contributed by atoms with E-state index < -0.39 is 0 Å². The molecule has 0 aliphatic rings. The lowest BCUT2D eigenvalue weighted by Gasteiger charge is -2.23. The highest BCUT2D eigenvalue weighted by molar-refractivity contribution is 5.68. The fourth-order valence-corrected chi connectivity index (χ4v) is 2.51. The summed E-state index contributed by atoms with van der Waals surface area (Å²) in [4.78, 5) is 2.28. The van der Waals surface area contributed by atoms with Crippen LogP contribution in [0.3, 0.4) is 0 Å². The number of nitrogen functional groups attached to an aromatic ring is 1. The van der Waals surface area contributed by atoms with Gasteiger partial charge in [0, 0.05) is 13.1 Å². The minimum absolute atomic E-state index is 0.873.